The number of nitrogens with zero attached hydrogens (tertiary/aromatic N) is 1. The molecule has 1 heterocycles. The number of sulfone groups is 1. The van der Waals surface area contributed by atoms with Gasteiger partial charge in [0.2, 0.25) is 0 Å². The second kappa shape index (κ2) is 9.85. The van der Waals surface area contributed by atoms with Gasteiger partial charge in [0.25, 0.3) is 5.91 Å². The third-order valence-corrected chi connectivity index (χ3v) is 6.05. The van der Waals surface area contributed by atoms with Crippen LogP contribution in [0.5, 0.6) is 0 Å². The normalized spacial score (nSPS) is 18.1. The molecule has 7 nitrogen and oxygen atoms in total. The molecular formula is C22H25N3O4S. The highest BCUT2D eigenvalue weighted by atomic mass is 32.2. The lowest BCUT2D eigenvalue weighted by atomic mass is 10.0. The number of hydrogen-bond donors (Lipinski definition) is 2. The molecule has 2 aromatic rings. The molecule has 0 saturated carbocycles. The molecule has 0 spiro atoms. The van der Waals surface area contributed by atoms with E-state index >= 15 is 0 Å². The fraction of sp³-hybridized carbons (Fsp3) is 0.364. The quantitative estimate of drug-likeness (QED) is 0.726. The first-order valence-electron chi connectivity index (χ1n) is 9.78. The number of amides is 1. The maximum Gasteiger partial charge on any atom is 0.251 e. The lowest BCUT2D eigenvalue weighted by Gasteiger charge is -2.18. The minimum absolute atomic E-state index is 0.279. The Kier molecular flexibility index (Phi) is 7.21. The summed E-state index contributed by atoms with van der Waals surface area (Å²) in [5.74, 6) is -0.279. The molecule has 1 aliphatic rings. The van der Waals surface area contributed by atoms with Crippen molar-refractivity contribution in [2.75, 3.05) is 26.0 Å². The van der Waals surface area contributed by atoms with Gasteiger partial charge in [-0.25, -0.2) is 8.42 Å². The summed E-state index contributed by atoms with van der Waals surface area (Å²) in [6.07, 6.45) is 1.84. The Bertz CT molecular complexity index is 1000. The molecule has 3 rings (SSSR count). The first-order chi connectivity index (χ1) is 14.4. The van der Waals surface area contributed by atoms with Crippen molar-refractivity contribution in [1.82, 2.24) is 10.6 Å². The smallest absolute Gasteiger partial charge is 0.251 e. The zero-order valence-corrected chi connectivity index (χ0v) is 17.6. The van der Waals surface area contributed by atoms with Crippen molar-refractivity contribution in [1.29, 1.82) is 5.26 Å². The average molecular weight is 428 g/mol. The molecule has 0 aliphatic carbocycles. The lowest BCUT2D eigenvalue weighted by molar-refractivity contribution is -0.132. The Balaban J connectivity index is 1.62. The Morgan fingerprint density at radius 1 is 1.20 bits per heavy atom. The van der Waals surface area contributed by atoms with Crippen molar-refractivity contribution in [2.24, 2.45) is 0 Å². The van der Waals surface area contributed by atoms with Gasteiger partial charge >= 0.3 is 0 Å². The molecule has 1 aliphatic heterocycles. The van der Waals surface area contributed by atoms with Gasteiger partial charge in [-0.2, -0.15) is 5.26 Å². The van der Waals surface area contributed by atoms with Crippen molar-refractivity contribution in [2.45, 2.75) is 29.9 Å². The van der Waals surface area contributed by atoms with Crippen molar-refractivity contribution < 1.29 is 17.9 Å². The zero-order chi connectivity index (χ0) is 21.6. The number of carbonyl (C=O) groups is 1. The van der Waals surface area contributed by atoms with Gasteiger partial charge in [0, 0.05) is 25.8 Å². The molecule has 158 valence electrons. The van der Waals surface area contributed by atoms with E-state index in [0.29, 0.717) is 19.6 Å². The van der Waals surface area contributed by atoms with Crippen LogP contribution in [0.25, 0.3) is 11.1 Å². The first kappa shape index (κ1) is 22.0. The minimum Gasteiger partial charge on any atom is -0.367 e. The highest BCUT2D eigenvalue weighted by molar-refractivity contribution is 7.90. The SMILES string of the molecule is CS(=O)(=O)c1ccc(-c2ccc(C[C@@H](C#N)NC(=O)[C@@H]3CNCCCO3)cc2)cc1. The maximum absolute atomic E-state index is 12.4. The Labute approximate surface area is 177 Å². The minimum atomic E-state index is -3.22. The molecule has 2 N–H and O–H groups in total. The topological polar surface area (TPSA) is 108 Å². The largest absolute Gasteiger partial charge is 0.367 e. The fourth-order valence-electron chi connectivity index (χ4n) is 3.24. The summed E-state index contributed by atoms with van der Waals surface area (Å²) in [5.41, 5.74) is 2.75. The van der Waals surface area contributed by atoms with Crippen LogP contribution in [0.3, 0.4) is 0 Å². The van der Waals surface area contributed by atoms with E-state index in [1.165, 1.54) is 6.26 Å². The van der Waals surface area contributed by atoms with Crippen LogP contribution in [0.15, 0.2) is 53.4 Å². The van der Waals surface area contributed by atoms with Gasteiger partial charge in [0.15, 0.2) is 9.84 Å². The van der Waals surface area contributed by atoms with Crippen LogP contribution in [-0.4, -0.2) is 52.4 Å². The molecule has 2 aromatic carbocycles. The van der Waals surface area contributed by atoms with E-state index in [0.717, 1.165) is 29.7 Å². The van der Waals surface area contributed by atoms with Crippen LogP contribution in [-0.2, 0) is 25.8 Å². The Morgan fingerprint density at radius 3 is 2.43 bits per heavy atom. The monoisotopic (exact) mass is 427 g/mol. The predicted molar refractivity (Wildman–Crippen MR) is 113 cm³/mol. The fourth-order valence-corrected chi connectivity index (χ4v) is 3.87. The molecule has 0 unspecified atom stereocenters. The van der Waals surface area contributed by atoms with Crippen LogP contribution < -0.4 is 10.6 Å². The number of hydrogen-bond acceptors (Lipinski definition) is 6. The number of benzene rings is 2. The number of carbonyl (C=O) groups excluding carboxylic acids is 1. The molecule has 0 radical (unpaired) electrons. The van der Waals surface area contributed by atoms with E-state index in [2.05, 4.69) is 16.7 Å². The highest BCUT2D eigenvalue weighted by Gasteiger charge is 2.23. The van der Waals surface area contributed by atoms with E-state index in [4.69, 9.17) is 4.74 Å². The van der Waals surface area contributed by atoms with Crippen LogP contribution in [0.2, 0.25) is 0 Å². The molecule has 2 atom stereocenters. The predicted octanol–water partition coefficient (Wildman–Crippen LogP) is 1.69. The molecule has 0 bridgehead atoms. The van der Waals surface area contributed by atoms with Crippen molar-refractivity contribution >= 4 is 15.7 Å². The summed E-state index contributed by atoms with van der Waals surface area (Å²) in [6, 6.07) is 15.8. The summed E-state index contributed by atoms with van der Waals surface area (Å²) in [4.78, 5) is 12.7. The zero-order valence-electron chi connectivity index (χ0n) is 16.8. The molecule has 8 heteroatoms. The number of rotatable bonds is 6. The van der Waals surface area contributed by atoms with Gasteiger partial charge in [-0.3, -0.25) is 4.79 Å². The Morgan fingerprint density at radius 2 is 1.83 bits per heavy atom. The molecule has 1 fully saturated rings. The molecule has 1 saturated heterocycles. The van der Waals surface area contributed by atoms with Gasteiger partial charge in [0.1, 0.15) is 12.1 Å². The van der Waals surface area contributed by atoms with Crippen LogP contribution in [0.1, 0.15) is 12.0 Å². The standard InChI is InChI=1S/C22H25N3O4S/c1-30(27,28)20-9-7-18(8-10-20)17-5-3-16(4-6-17)13-19(14-23)25-22(26)21-15-24-11-2-12-29-21/h3-10,19,21,24H,2,11-13,15H2,1H3,(H,25,26)/t19-,21-/m0/s1. The van der Waals surface area contributed by atoms with Crippen LogP contribution in [0.4, 0.5) is 0 Å². The number of ether oxygens (including phenoxy) is 1. The van der Waals surface area contributed by atoms with Crippen molar-refractivity contribution in [3.05, 3.63) is 54.1 Å². The molecular weight excluding hydrogens is 402 g/mol. The van der Waals surface area contributed by atoms with E-state index < -0.39 is 22.0 Å². The van der Waals surface area contributed by atoms with E-state index in [-0.39, 0.29) is 10.8 Å². The van der Waals surface area contributed by atoms with Crippen LogP contribution >= 0.6 is 0 Å². The van der Waals surface area contributed by atoms with Crippen molar-refractivity contribution in [3.8, 4) is 17.2 Å². The molecule has 30 heavy (non-hydrogen) atoms. The second-order valence-corrected chi connectivity index (χ2v) is 9.32. The van der Waals surface area contributed by atoms with E-state index in [1.54, 1.807) is 24.3 Å². The van der Waals surface area contributed by atoms with Crippen LogP contribution in [0, 0.1) is 11.3 Å². The van der Waals surface area contributed by atoms with Gasteiger partial charge in [-0.1, -0.05) is 36.4 Å². The summed E-state index contributed by atoms with van der Waals surface area (Å²) in [5, 5.41) is 15.4. The first-order valence-corrected chi connectivity index (χ1v) is 11.7. The summed E-state index contributed by atoms with van der Waals surface area (Å²) >= 11 is 0. The van der Waals surface area contributed by atoms with E-state index in [1.807, 2.05) is 24.3 Å². The van der Waals surface area contributed by atoms with Gasteiger partial charge < -0.3 is 15.4 Å². The van der Waals surface area contributed by atoms with Gasteiger partial charge in [-0.05, 0) is 41.8 Å². The van der Waals surface area contributed by atoms with E-state index in [9.17, 15) is 18.5 Å². The second-order valence-electron chi connectivity index (χ2n) is 7.30. The van der Waals surface area contributed by atoms with Gasteiger partial charge in [-0.15, -0.1) is 0 Å². The lowest BCUT2D eigenvalue weighted by Crippen LogP contribution is -2.46. The van der Waals surface area contributed by atoms with Gasteiger partial charge in [0.05, 0.1) is 11.0 Å². The molecule has 0 aromatic heterocycles. The number of nitriles is 1. The average Bonchev–Trinajstić information content (AvgIpc) is 3.03. The number of nitrogens with one attached hydrogen (secondary N) is 2. The third kappa shape index (κ3) is 5.89. The third-order valence-electron chi connectivity index (χ3n) is 4.92. The maximum atomic E-state index is 12.4. The Hall–Kier alpha value is -2.73. The molecule has 1 amide bonds. The van der Waals surface area contributed by atoms with Crippen molar-refractivity contribution in [3.63, 3.8) is 0 Å². The highest BCUT2D eigenvalue weighted by Crippen LogP contribution is 2.22. The summed E-state index contributed by atoms with van der Waals surface area (Å²) in [6.45, 7) is 1.78. The summed E-state index contributed by atoms with van der Waals surface area (Å²) < 4.78 is 28.7. The summed E-state index contributed by atoms with van der Waals surface area (Å²) in [7, 11) is -3.22.